The Bertz CT molecular complexity index is 628. The minimum Gasteiger partial charge on any atom is -0.392 e. The van der Waals surface area contributed by atoms with E-state index in [1.807, 2.05) is 17.1 Å². The van der Waals surface area contributed by atoms with Gasteiger partial charge in [0.05, 0.1) is 18.8 Å². The molecule has 5 nitrogen and oxygen atoms in total. The number of likely N-dealkylation sites (N-methyl/N-ethyl adjacent to an activating group) is 1. The largest absolute Gasteiger partial charge is 0.392 e. The second kappa shape index (κ2) is 7.21. The molecule has 6 heteroatoms. The molecule has 2 N–H and O–H groups in total. The lowest BCUT2D eigenvalue weighted by atomic mass is 10.2. The van der Waals surface area contributed by atoms with Crippen molar-refractivity contribution in [3.63, 3.8) is 0 Å². The molecule has 0 radical (unpaired) electrons. The Morgan fingerprint density at radius 1 is 1.35 bits per heavy atom. The van der Waals surface area contributed by atoms with Crippen molar-refractivity contribution < 1.29 is 9.50 Å². The molecule has 1 aromatic carbocycles. The highest BCUT2D eigenvalue weighted by atomic mass is 19.1. The Kier molecular flexibility index (Phi) is 5.05. The fourth-order valence-electron chi connectivity index (χ4n) is 3.04. The van der Waals surface area contributed by atoms with E-state index in [0.29, 0.717) is 19.1 Å². The van der Waals surface area contributed by atoms with Gasteiger partial charge in [0.15, 0.2) is 0 Å². The number of benzene rings is 1. The van der Waals surface area contributed by atoms with Crippen molar-refractivity contribution in [3.05, 3.63) is 53.6 Å². The van der Waals surface area contributed by atoms with E-state index in [9.17, 15) is 9.50 Å². The molecule has 0 unspecified atom stereocenters. The number of hydrogen-bond donors (Lipinski definition) is 2. The summed E-state index contributed by atoms with van der Waals surface area (Å²) in [6, 6.07) is 6.84. The van der Waals surface area contributed by atoms with Crippen LogP contribution in [0.4, 0.5) is 4.39 Å². The smallest absolute Gasteiger partial charge is 0.123 e. The topological polar surface area (TPSA) is 53.3 Å². The monoisotopic (exact) mass is 318 g/mol. The van der Waals surface area contributed by atoms with E-state index < -0.39 is 0 Å². The third-order valence-electron chi connectivity index (χ3n) is 4.13. The number of hydrogen-bond acceptors (Lipinski definition) is 4. The van der Waals surface area contributed by atoms with Crippen LogP contribution < -0.4 is 5.32 Å². The van der Waals surface area contributed by atoms with Gasteiger partial charge < -0.3 is 15.3 Å². The van der Waals surface area contributed by atoms with Crippen LogP contribution in [0.15, 0.2) is 36.7 Å². The van der Waals surface area contributed by atoms with Gasteiger partial charge in [0.2, 0.25) is 0 Å². The molecular formula is C17H23FN4O. The van der Waals surface area contributed by atoms with Gasteiger partial charge in [-0.15, -0.1) is 0 Å². The molecule has 1 aromatic heterocycles. The van der Waals surface area contributed by atoms with Crippen molar-refractivity contribution in [1.82, 2.24) is 20.0 Å². The molecule has 3 rings (SSSR count). The number of nitrogens with one attached hydrogen (secondary N) is 1. The fraction of sp³-hybridized carbons (Fsp3) is 0.471. The van der Waals surface area contributed by atoms with E-state index in [1.165, 1.54) is 12.1 Å². The van der Waals surface area contributed by atoms with E-state index >= 15 is 0 Å². The van der Waals surface area contributed by atoms with Crippen LogP contribution in [0, 0.1) is 5.82 Å². The molecule has 0 spiro atoms. The Morgan fingerprint density at radius 3 is 2.83 bits per heavy atom. The van der Waals surface area contributed by atoms with E-state index in [4.69, 9.17) is 0 Å². The van der Waals surface area contributed by atoms with Gasteiger partial charge >= 0.3 is 0 Å². The molecule has 0 bridgehead atoms. The maximum absolute atomic E-state index is 12.9. The summed E-state index contributed by atoms with van der Waals surface area (Å²) in [4.78, 5) is 2.23. The van der Waals surface area contributed by atoms with E-state index in [-0.39, 0.29) is 11.9 Å². The lowest BCUT2D eigenvalue weighted by Gasteiger charge is -2.20. The van der Waals surface area contributed by atoms with Crippen molar-refractivity contribution in [2.24, 2.45) is 0 Å². The van der Waals surface area contributed by atoms with Gasteiger partial charge in [0.25, 0.3) is 0 Å². The molecule has 1 saturated heterocycles. The number of aromatic nitrogens is 2. The summed E-state index contributed by atoms with van der Waals surface area (Å²) in [5, 5.41) is 17.2. The van der Waals surface area contributed by atoms with Gasteiger partial charge in [-0.1, -0.05) is 12.1 Å². The zero-order chi connectivity index (χ0) is 16.2. The summed E-state index contributed by atoms with van der Waals surface area (Å²) in [6.07, 6.45) is 4.49. The summed E-state index contributed by atoms with van der Waals surface area (Å²) < 4.78 is 14.8. The summed E-state index contributed by atoms with van der Waals surface area (Å²) in [5.74, 6) is -0.220. The van der Waals surface area contributed by atoms with E-state index in [0.717, 1.165) is 30.6 Å². The number of halogens is 1. The maximum Gasteiger partial charge on any atom is 0.123 e. The van der Waals surface area contributed by atoms with Crippen molar-refractivity contribution >= 4 is 0 Å². The average molecular weight is 318 g/mol. The Labute approximate surface area is 135 Å². The molecule has 0 amide bonds. The number of aliphatic hydroxyl groups excluding tert-OH is 1. The number of nitrogens with zero attached hydrogens (tertiary/aromatic N) is 3. The number of β-amino-alcohol motifs (C(OH)–C–C–N with tert-alkyl or cyclic N) is 1. The molecule has 2 atom stereocenters. The summed E-state index contributed by atoms with van der Waals surface area (Å²) in [6.45, 7) is 3.05. The fourth-order valence-corrected chi connectivity index (χ4v) is 3.04. The standard InChI is InChI=1S/C17H23FN4O/c1-21(12-16-6-17(23)8-19-16)9-14-7-20-22(11-14)10-13-2-4-15(18)5-3-13/h2-5,7,11,16-17,19,23H,6,8-10,12H2,1H3/t16-,17+/m0/s1. The van der Waals surface area contributed by atoms with E-state index in [2.05, 4.69) is 22.4 Å². The first-order chi connectivity index (χ1) is 11.1. The molecular weight excluding hydrogens is 295 g/mol. The SMILES string of the molecule is CN(Cc1cnn(Cc2ccc(F)cc2)c1)C[C@@H]1C[C@@H](O)CN1. The maximum atomic E-state index is 12.9. The van der Waals surface area contributed by atoms with Crippen molar-refractivity contribution in [2.45, 2.75) is 31.7 Å². The van der Waals surface area contributed by atoms with Crippen LogP contribution >= 0.6 is 0 Å². The van der Waals surface area contributed by atoms with Crippen LogP contribution in [-0.4, -0.2) is 52.1 Å². The molecule has 23 heavy (non-hydrogen) atoms. The molecule has 1 aliphatic rings. The van der Waals surface area contributed by atoms with Crippen molar-refractivity contribution in [2.75, 3.05) is 20.1 Å². The van der Waals surface area contributed by atoms with Gasteiger partial charge in [-0.3, -0.25) is 4.68 Å². The van der Waals surface area contributed by atoms with Gasteiger partial charge in [-0.25, -0.2) is 4.39 Å². The summed E-state index contributed by atoms with van der Waals surface area (Å²) >= 11 is 0. The third kappa shape index (κ3) is 4.60. The molecule has 1 aliphatic heterocycles. The van der Waals surface area contributed by atoms with Crippen LogP contribution in [0.25, 0.3) is 0 Å². The van der Waals surface area contributed by atoms with Crippen molar-refractivity contribution in [3.8, 4) is 0 Å². The summed E-state index contributed by atoms with van der Waals surface area (Å²) in [5.41, 5.74) is 2.17. The lowest BCUT2D eigenvalue weighted by molar-refractivity contribution is 0.189. The van der Waals surface area contributed by atoms with E-state index in [1.54, 1.807) is 12.1 Å². The van der Waals surface area contributed by atoms with Crippen molar-refractivity contribution in [1.29, 1.82) is 0 Å². The van der Waals surface area contributed by atoms with Crippen LogP contribution in [0.1, 0.15) is 17.5 Å². The van der Waals surface area contributed by atoms with Crippen LogP contribution in [0.2, 0.25) is 0 Å². The first kappa shape index (κ1) is 16.1. The third-order valence-corrected chi connectivity index (χ3v) is 4.13. The zero-order valence-corrected chi connectivity index (χ0v) is 13.3. The molecule has 2 aromatic rings. The van der Waals surface area contributed by atoms with Crippen LogP contribution in [0.5, 0.6) is 0 Å². The first-order valence-corrected chi connectivity index (χ1v) is 7.94. The highest BCUT2D eigenvalue weighted by Crippen LogP contribution is 2.10. The lowest BCUT2D eigenvalue weighted by Crippen LogP contribution is -2.34. The van der Waals surface area contributed by atoms with Gasteiger partial charge in [0, 0.05) is 37.4 Å². The predicted molar refractivity (Wildman–Crippen MR) is 86.5 cm³/mol. The Hall–Kier alpha value is -1.76. The predicted octanol–water partition coefficient (Wildman–Crippen LogP) is 1.23. The molecule has 1 fully saturated rings. The van der Waals surface area contributed by atoms with Gasteiger partial charge in [-0.05, 0) is 31.2 Å². The highest BCUT2D eigenvalue weighted by molar-refractivity contribution is 5.16. The molecule has 0 aliphatic carbocycles. The Morgan fingerprint density at radius 2 is 2.13 bits per heavy atom. The second-order valence-electron chi connectivity index (χ2n) is 6.36. The number of aliphatic hydroxyl groups is 1. The quantitative estimate of drug-likeness (QED) is 0.841. The minimum atomic E-state index is -0.220. The Balaban J connectivity index is 1.51. The van der Waals surface area contributed by atoms with Gasteiger partial charge in [0.1, 0.15) is 5.82 Å². The van der Waals surface area contributed by atoms with Crippen LogP contribution in [-0.2, 0) is 13.1 Å². The highest BCUT2D eigenvalue weighted by Gasteiger charge is 2.22. The molecule has 0 saturated carbocycles. The number of rotatable bonds is 6. The normalized spacial score (nSPS) is 21.2. The average Bonchev–Trinajstić information content (AvgIpc) is 3.11. The zero-order valence-electron chi connectivity index (χ0n) is 13.3. The second-order valence-corrected chi connectivity index (χ2v) is 6.36. The van der Waals surface area contributed by atoms with Crippen LogP contribution in [0.3, 0.4) is 0 Å². The summed E-state index contributed by atoms with van der Waals surface area (Å²) in [7, 11) is 2.07. The van der Waals surface area contributed by atoms with Gasteiger partial charge in [-0.2, -0.15) is 5.10 Å². The molecule has 2 heterocycles. The minimum absolute atomic E-state index is 0.216. The first-order valence-electron chi connectivity index (χ1n) is 7.94. The molecule has 124 valence electrons.